The predicted molar refractivity (Wildman–Crippen MR) is 67.2 cm³/mol. The summed E-state index contributed by atoms with van der Waals surface area (Å²) in [5, 5.41) is 0. The maximum Gasteiger partial charge on any atom is 0.0690 e. The molecule has 92 valence electrons. The van der Waals surface area contributed by atoms with E-state index in [1.165, 1.54) is 19.3 Å². The summed E-state index contributed by atoms with van der Waals surface area (Å²) >= 11 is 0. The molecule has 0 spiro atoms. The summed E-state index contributed by atoms with van der Waals surface area (Å²) in [4.78, 5) is 0. The molecule has 2 fully saturated rings. The molecular formula is C14H25NO. The van der Waals surface area contributed by atoms with Crippen molar-refractivity contribution in [2.24, 2.45) is 22.5 Å². The second kappa shape index (κ2) is 3.85. The molecule has 0 aromatic carbocycles. The van der Waals surface area contributed by atoms with Crippen LogP contribution >= 0.6 is 0 Å². The van der Waals surface area contributed by atoms with Crippen LogP contribution in [0.15, 0.2) is 12.2 Å². The van der Waals surface area contributed by atoms with Crippen molar-refractivity contribution < 1.29 is 4.74 Å². The number of nitrogens with two attached hydrogens (primary N) is 1. The van der Waals surface area contributed by atoms with Crippen LogP contribution in [-0.2, 0) is 4.74 Å². The van der Waals surface area contributed by atoms with E-state index in [-0.39, 0.29) is 0 Å². The normalized spacial score (nSPS) is 40.2. The van der Waals surface area contributed by atoms with Crippen molar-refractivity contribution in [2.75, 3.05) is 13.2 Å². The highest BCUT2D eigenvalue weighted by atomic mass is 16.5. The Hall–Kier alpha value is -0.340. The fourth-order valence-electron chi connectivity index (χ4n) is 3.66. The van der Waals surface area contributed by atoms with Gasteiger partial charge in [0.1, 0.15) is 0 Å². The second-order valence-electron chi connectivity index (χ2n) is 6.36. The lowest BCUT2D eigenvalue weighted by Crippen LogP contribution is -2.37. The molecule has 0 aromatic rings. The SMILES string of the molecule is C=C(CN)COC1CC2CCC1(C)C2(C)C. The molecule has 3 unspecified atom stereocenters. The lowest BCUT2D eigenvalue weighted by Gasteiger charge is -2.39. The average Bonchev–Trinajstić information content (AvgIpc) is 2.58. The van der Waals surface area contributed by atoms with E-state index in [1.54, 1.807) is 0 Å². The van der Waals surface area contributed by atoms with Gasteiger partial charge in [0.2, 0.25) is 0 Å². The van der Waals surface area contributed by atoms with Crippen LogP contribution < -0.4 is 5.73 Å². The van der Waals surface area contributed by atoms with Gasteiger partial charge in [-0.25, -0.2) is 0 Å². The number of fused-ring (bicyclic) bond motifs is 2. The van der Waals surface area contributed by atoms with E-state index in [0.29, 0.717) is 30.1 Å². The molecule has 3 atom stereocenters. The molecule has 0 saturated heterocycles. The van der Waals surface area contributed by atoms with Gasteiger partial charge in [-0.2, -0.15) is 0 Å². The third kappa shape index (κ3) is 1.54. The molecule has 2 aliphatic carbocycles. The van der Waals surface area contributed by atoms with Crippen LogP contribution in [0.3, 0.4) is 0 Å². The minimum absolute atomic E-state index is 0.354. The molecule has 2 aliphatic rings. The topological polar surface area (TPSA) is 35.2 Å². The number of ether oxygens (including phenoxy) is 1. The molecule has 2 bridgehead atoms. The molecular weight excluding hydrogens is 198 g/mol. The highest BCUT2D eigenvalue weighted by molar-refractivity contribution is 5.11. The monoisotopic (exact) mass is 223 g/mol. The molecule has 0 radical (unpaired) electrons. The predicted octanol–water partition coefficient (Wildman–Crippen LogP) is 2.73. The quantitative estimate of drug-likeness (QED) is 0.744. The maximum absolute atomic E-state index is 6.05. The first-order chi connectivity index (χ1) is 7.41. The summed E-state index contributed by atoms with van der Waals surface area (Å²) in [6.07, 6.45) is 4.32. The Bertz CT molecular complexity index is 297. The minimum atomic E-state index is 0.354. The van der Waals surface area contributed by atoms with Crippen molar-refractivity contribution >= 4 is 0 Å². The number of hydrogen-bond donors (Lipinski definition) is 1. The molecule has 0 aliphatic heterocycles. The Labute approximate surface area is 99.2 Å². The summed E-state index contributed by atoms with van der Waals surface area (Å²) in [5.74, 6) is 0.841. The van der Waals surface area contributed by atoms with Crippen molar-refractivity contribution in [3.05, 3.63) is 12.2 Å². The van der Waals surface area contributed by atoms with Crippen molar-refractivity contribution in [2.45, 2.75) is 46.1 Å². The van der Waals surface area contributed by atoms with Gasteiger partial charge in [0.15, 0.2) is 0 Å². The van der Waals surface area contributed by atoms with Gasteiger partial charge in [0.05, 0.1) is 12.7 Å². The van der Waals surface area contributed by atoms with Crippen LogP contribution in [0.1, 0.15) is 40.0 Å². The van der Waals surface area contributed by atoms with Gasteiger partial charge in [-0.3, -0.25) is 0 Å². The molecule has 0 amide bonds. The van der Waals surface area contributed by atoms with E-state index in [1.807, 2.05) is 0 Å². The summed E-state index contributed by atoms with van der Waals surface area (Å²) in [6.45, 7) is 12.3. The van der Waals surface area contributed by atoms with Crippen LogP contribution in [0, 0.1) is 16.7 Å². The zero-order valence-corrected chi connectivity index (χ0v) is 10.9. The van der Waals surface area contributed by atoms with E-state index in [9.17, 15) is 0 Å². The van der Waals surface area contributed by atoms with Gasteiger partial charge >= 0.3 is 0 Å². The Kier molecular flexibility index (Phi) is 2.92. The van der Waals surface area contributed by atoms with E-state index in [4.69, 9.17) is 10.5 Å². The van der Waals surface area contributed by atoms with E-state index >= 15 is 0 Å². The highest BCUT2D eigenvalue weighted by Gasteiger charge is 2.61. The smallest absolute Gasteiger partial charge is 0.0690 e. The van der Waals surface area contributed by atoms with E-state index in [2.05, 4.69) is 27.4 Å². The molecule has 2 heteroatoms. The molecule has 2 saturated carbocycles. The largest absolute Gasteiger partial charge is 0.373 e. The molecule has 0 heterocycles. The first-order valence-electron chi connectivity index (χ1n) is 6.40. The van der Waals surface area contributed by atoms with E-state index in [0.717, 1.165) is 11.5 Å². The van der Waals surface area contributed by atoms with Gasteiger partial charge in [0.25, 0.3) is 0 Å². The van der Waals surface area contributed by atoms with Gasteiger partial charge in [-0.15, -0.1) is 0 Å². The lowest BCUT2D eigenvalue weighted by molar-refractivity contribution is -0.0376. The fourth-order valence-corrected chi connectivity index (χ4v) is 3.66. The van der Waals surface area contributed by atoms with Gasteiger partial charge in [0, 0.05) is 6.54 Å². The van der Waals surface area contributed by atoms with Gasteiger partial charge in [-0.05, 0) is 41.6 Å². The third-order valence-corrected chi connectivity index (χ3v) is 5.49. The molecule has 0 aromatic heterocycles. The summed E-state index contributed by atoms with van der Waals surface area (Å²) in [5.41, 5.74) is 7.33. The number of hydrogen-bond acceptors (Lipinski definition) is 2. The van der Waals surface area contributed by atoms with Crippen LogP contribution in [0.5, 0.6) is 0 Å². The van der Waals surface area contributed by atoms with Crippen LogP contribution in [-0.4, -0.2) is 19.3 Å². The molecule has 16 heavy (non-hydrogen) atoms. The molecule has 2 N–H and O–H groups in total. The van der Waals surface area contributed by atoms with Crippen LogP contribution in [0.4, 0.5) is 0 Å². The van der Waals surface area contributed by atoms with Crippen molar-refractivity contribution in [3.63, 3.8) is 0 Å². The first kappa shape index (κ1) is 12.1. The van der Waals surface area contributed by atoms with E-state index < -0.39 is 0 Å². The van der Waals surface area contributed by atoms with Gasteiger partial charge in [-0.1, -0.05) is 27.4 Å². The maximum atomic E-state index is 6.05. The Morgan fingerprint density at radius 1 is 1.44 bits per heavy atom. The Morgan fingerprint density at radius 2 is 2.12 bits per heavy atom. The Morgan fingerprint density at radius 3 is 2.56 bits per heavy atom. The second-order valence-corrected chi connectivity index (χ2v) is 6.36. The lowest BCUT2D eigenvalue weighted by atomic mass is 9.70. The van der Waals surface area contributed by atoms with Gasteiger partial charge < -0.3 is 10.5 Å². The molecule has 2 rings (SSSR count). The fraction of sp³-hybridized carbons (Fsp3) is 0.857. The Balaban J connectivity index is 2.02. The first-order valence-corrected chi connectivity index (χ1v) is 6.40. The van der Waals surface area contributed by atoms with Crippen LogP contribution in [0.2, 0.25) is 0 Å². The standard InChI is InChI=1S/C14H25NO/c1-10(8-15)9-16-12-7-11-5-6-14(12,4)13(11,2)3/h11-12H,1,5-9,15H2,2-4H3. The molecule has 2 nitrogen and oxygen atoms in total. The minimum Gasteiger partial charge on any atom is -0.373 e. The van der Waals surface area contributed by atoms with Crippen LogP contribution in [0.25, 0.3) is 0 Å². The average molecular weight is 223 g/mol. The zero-order chi connectivity index (χ0) is 12.0. The van der Waals surface area contributed by atoms with Crippen molar-refractivity contribution in [3.8, 4) is 0 Å². The third-order valence-electron chi connectivity index (χ3n) is 5.49. The summed E-state index contributed by atoms with van der Waals surface area (Å²) in [7, 11) is 0. The highest BCUT2D eigenvalue weighted by Crippen LogP contribution is 2.66. The summed E-state index contributed by atoms with van der Waals surface area (Å²) in [6, 6.07) is 0. The number of rotatable bonds is 4. The zero-order valence-electron chi connectivity index (χ0n) is 10.9. The van der Waals surface area contributed by atoms with Crippen molar-refractivity contribution in [1.29, 1.82) is 0 Å². The van der Waals surface area contributed by atoms with Crippen molar-refractivity contribution in [1.82, 2.24) is 0 Å². The summed E-state index contributed by atoms with van der Waals surface area (Å²) < 4.78 is 6.05.